The Kier molecular flexibility index (Phi) is 3.64. The van der Waals surface area contributed by atoms with Crippen molar-refractivity contribution >= 4 is 5.91 Å². The minimum atomic E-state index is -0.525. The largest absolute Gasteiger partial charge is 0.496 e. The standard InChI is InChI=1S/C16H20FNO2/c1-20-14-7-3-6-12(17)15(14)16(19)18-13-9-8-10-4-2-5-11(10)13/h3,6-7,10-11,13H,2,4-5,8-9H2,1H3,(H,18,19)/t10-,11-,13-/m0/s1. The lowest BCUT2D eigenvalue weighted by Crippen LogP contribution is -2.38. The number of ether oxygens (including phenoxy) is 1. The Labute approximate surface area is 118 Å². The van der Waals surface area contributed by atoms with E-state index in [-0.39, 0.29) is 17.5 Å². The van der Waals surface area contributed by atoms with Gasteiger partial charge in [-0.3, -0.25) is 4.79 Å². The lowest BCUT2D eigenvalue weighted by Gasteiger charge is -2.20. The molecule has 0 unspecified atom stereocenters. The van der Waals surface area contributed by atoms with E-state index >= 15 is 0 Å². The molecule has 20 heavy (non-hydrogen) atoms. The third-order valence-corrected chi connectivity index (χ3v) is 4.82. The fraction of sp³-hybridized carbons (Fsp3) is 0.562. The van der Waals surface area contributed by atoms with Crippen LogP contribution in [0, 0.1) is 17.7 Å². The number of halogens is 1. The minimum absolute atomic E-state index is 0.0245. The molecule has 0 spiro atoms. The molecule has 1 aromatic carbocycles. The van der Waals surface area contributed by atoms with Gasteiger partial charge in [-0.2, -0.15) is 0 Å². The quantitative estimate of drug-likeness (QED) is 0.921. The molecule has 3 rings (SSSR count). The number of hydrogen-bond donors (Lipinski definition) is 1. The van der Waals surface area contributed by atoms with Crippen molar-refractivity contribution < 1.29 is 13.9 Å². The third kappa shape index (κ3) is 2.28. The van der Waals surface area contributed by atoms with Crippen LogP contribution in [0.25, 0.3) is 0 Å². The number of carbonyl (C=O) groups excluding carboxylic acids is 1. The van der Waals surface area contributed by atoms with Crippen LogP contribution in [-0.4, -0.2) is 19.1 Å². The maximum absolute atomic E-state index is 13.9. The van der Waals surface area contributed by atoms with E-state index in [4.69, 9.17) is 4.74 Å². The second kappa shape index (κ2) is 5.43. The van der Waals surface area contributed by atoms with Gasteiger partial charge in [-0.1, -0.05) is 18.9 Å². The van der Waals surface area contributed by atoms with Gasteiger partial charge in [-0.15, -0.1) is 0 Å². The lowest BCUT2D eigenvalue weighted by atomic mass is 9.97. The van der Waals surface area contributed by atoms with Crippen LogP contribution in [0.1, 0.15) is 42.5 Å². The molecule has 0 aromatic heterocycles. The van der Waals surface area contributed by atoms with Crippen LogP contribution in [0.3, 0.4) is 0 Å². The van der Waals surface area contributed by atoms with Crippen molar-refractivity contribution in [3.8, 4) is 5.75 Å². The van der Waals surface area contributed by atoms with E-state index in [0.29, 0.717) is 11.7 Å². The molecular weight excluding hydrogens is 257 g/mol. The van der Waals surface area contributed by atoms with Crippen LogP contribution in [-0.2, 0) is 0 Å². The minimum Gasteiger partial charge on any atom is -0.496 e. The van der Waals surface area contributed by atoms with E-state index in [9.17, 15) is 9.18 Å². The average molecular weight is 277 g/mol. The summed E-state index contributed by atoms with van der Waals surface area (Å²) in [6, 6.07) is 4.66. The highest BCUT2D eigenvalue weighted by Crippen LogP contribution is 2.44. The molecule has 0 heterocycles. The molecule has 2 aliphatic rings. The van der Waals surface area contributed by atoms with E-state index in [0.717, 1.165) is 12.3 Å². The van der Waals surface area contributed by atoms with Gasteiger partial charge in [-0.05, 0) is 43.2 Å². The van der Waals surface area contributed by atoms with Gasteiger partial charge in [-0.25, -0.2) is 4.39 Å². The van der Waals surface area contributed by atoms with Gasteiger partial charge in [0.2, 0.25) is 0 Å². The summed E-state index contributed by atoms with van der Waals surface area (Å²) in [4.78, 5) is 12.4. The molecule has 0 saturated heterocycles. The zero-order chi connectivity index (χ0) is 14.1. The Bertz CT molecular complexity index is 517. The molecule has 1 aromatic rings. The van der Waals surface area contributed by atoms with Gasteiger partial charge in [0.25, 0.3) is 5.91 Å². The molecule has 2 saturated carbocycles. The molecular formula is C16H20FNO2. The summed E-state index contributed by atoms with van der Waals surface area (Å²) in [5.41, 5.74) is 0.0245. The topological polar surface area (TPSA) is 38.3 Å². The van der Waals surface area contributed by atoms with Crippen molar-refractivity contribution in [3.05, 3.63) is 29.6 Å². The Morgan fingerprint density at radius 3 is 2.95 bits per heavy atom. The van der Waals surface area contributed by atoms with Gasteiger partial charge in [0.1, 0.15) is 17.1 Å². The molecule has 3 atom stereocenters. The summed E-state index contributed by atoms with van der Waals surface area (Å²) in [6.45, 7) is 0. The predicted molar refractivity (Wildman–Crippen MR) is 74.3 cm³/mol. The zero-order valence-electron chi connectivity index (χ0n) is 11.7. The molecule has 108 valence electrons. The van der Waals surface area contributed by atoms with E-state index in [2.05, 4.69) is 5.32 Å². The molecule has 2 aliphatic carbocycles. The van der Waals surface area contributed by atoms with Crippen molar-refractivity contribution in [2.75, 3.05) is 7.11 Å². The van der Waals surface area contributed by atoms with Gasteiger partial charge >= 0.3 is 0 Å². The molecule has 0 bridgehead atoms. The number of methoxy groups -OCH3 is 1. The molecule has 1 amide bonds. The first-order chi connectivity index (χ1) is 9.70. The molecule has 0 radical (unpaired) electrons. The Hall–Kier alpha value is -1.58. The maximum atomic E-state index is 13.9. The summed E-state index contributed by atoms with van der Waals surface area (Å²) in [5, 5.41) is 3.02. The number of benzene rings is 1. The summed E-state index contributed by atoms with van der Waals surface area (Å²) < 4.78 is 19.0. The van der Waals surface area contributed by atoms with E-state index in [1.165, 1.54) is 38.9 Å². The van der Waals surface area contributed by atoms with E-state index in [1.54, 1.807) is 12.1 Å². The summed E-state index contributed by atoms with van der Waals surface area (Å²) in [5.74, 6) is 0.753. The van der Waals surface area contributed by atoms with Crippen molar-refractivity contribution in [2.45, 2.75) is 38.1 Å². The summed E-state index contributed by atoms with van der Waals surface area (Å²) in [6.07, 6.45) is 5.91. The number of carbonyl (C=O) groups is 1. The number of fused-ring (bicyclic) bond motifs is 1. The Balaban J connectivity index is 1.77. The van der Waals surface area contributed by atoms with Crippen LogP contribution in [0.15, 0.2) is 18.2 Å². The van der Waals surface area contributed by atoms with Gasteiger partial charge in [0.05, 0.1) is 7.11 Å². The summed E-state index contributed by atoms with van der Waals surface area (Å²) in [7, 11) is 1.45. The summed E-state index contributed by atoms with van der Waals surface area (Å²) >= 11 is 0. The molecule has 2 fully saturated rings. The second-order valence-electron chi connectivity index (χ2n) is 5.83. The highest BCUT2D eigenvalue weighted by atomic mass is 19.1. The third-order valence-electron chi connectivity index (χ3n) is 4.82. The number of amides is 1. The first-order valence-electron chi connectivity index (χ1n) is 7.34. The Morgan fingerprint density at radius 1 is 1.30 bits per heavy atom. The normalized spacial score (nSPS) is 28.2. The highest BCUT2D eigenvalue weighted by Gasteiger charge is 2.40. The lowest BCUT2D eigenvalue weighted by molar-refractivity contribution is 0.0919. The van der Waals surface area contributed by atoms with Crippen molar-refractivity contribution in [2.24, 2.45) is 11.8 Å². The van der Waals surface area contributed by atoms with E-state index in [1.807, 2.05) is 0 Å². The SMILES string of the molecule is COc1cccc(F)c1C(=O)N[C@H]1CC[C@@H]2CCC[C@@H]21. The van der Waals surface area contributed by atoms with Gasteiger partial charge in [0, 0.05) is 6.04 Å². The van der Waals surface area contributed by atoms with Crippen molar-refractivity contribution in [1.29, 1.82) is 0 Å². The predicted octanol–water partition coefficient (Wildman–Crippen LogP) is 3.14. The van der Waals surface area contributed by atoms with Crippen LogP contribution in [0.5, 0.6) is 5.75 Å². The monoisotopic (exact) mass is 277 g/mol. The average Bonchev–Trinajstić information content (AvgIpc) is 3.03. The van der Waals surface area contributed by atoms with Crippen LogP contribution in [0.4, 0.5) is 4.39 Å². The smallest absolute Gasteiger partial charge is 0.258 e. The van der Waals surface area contributed by atoms with Crippen molar-refractivity contribution in [1.82, 2.24) is 5.32 Å². The van der Waals surface area contributed by atoms with Gasteiger partial charge < -0.3 is 10.1 Å². The molecule has 3 nitrogen and oxygen atoms in total. The highest BCUT2D eigenvalue weighted by molar-refractivity contribution is 5.97. The van der Waals surface area contributed by atoms with Crippen molar-refractivity contribution in [3.63, 3.8) is 0 Å². The Morgan fingerprint density at radius 2 is 2.15 bits per heavy atom. The number of nitrogens with one attached hydrogen (secondary N) is 1. The first-order valence-corrected chi connectivity index (χ1v) is 7.34. The van der Waals surface area contributed by atoms with Crippen LogP contribution < -0.4 is 10.1 Å². The number of rotatable bonds is 3. The first kappa shape index (κ1) is 13.4. The second-order valence-corrected chi connectivity index (χ2v) is 5.83. The van der Waals surface area contributed by atoms with E-state index < -0.39 is 5.82 Å². The maximum Gasteiger partial charge on any atom is 0.258 e. The molecule has 1 N–H and O–H groups in total. The molecule has 0 aliphatic heterocycles. The van der Waals surface area contributed by atoms with Gasteiger partial charge in [0.15, 0.2) is 0 Å². The molecule has 4 heteroatoms. The zero-order valence-corrected chi connectivity index (χ0v) is 11.7. The fourth-order valence-corrected chi connectivity index (χ4v) is 3.88. The number of hydrogen-bond acceptors (Lipinski definition) is 2. The fourth-order valence-electron chi connectivity index (χ4n) is 3.88. The van der Waals surface area contributed by atoms with Crippen LogP contribution in [0.2, 0.25) is 0 Å². The van der Waals surface area contributed by atoms with Crippen LogP contribution >= 0.6 is 0 Å².